The quantitative estimate of drug-likeness (QED) is 0.0106. The summed E-state index contributed by atoms with van der Waals surface area (Å²) in [6.07, 6.45) is -1.87. The molecule has 0 aromatic heterocycles. The highest BCUT2D eigenvalue weighted by Crippen LogP contribution is 2.33. The van der Waals surface area contributed by atoms with E-state index in [2.05, 4.69) is 16.0 Å². The number of methoxy groups -OCH3 is 1. The van der Waals surface area contributed by atoms with E-state index in [1.807, 2.05) is 30.3 Å². The lowest BCUT2D eigenvalue weighted by molar-refractivity contribution is -0.152. The Bertz CT molecular complexity index is 2910. The van der Waals surface area contributed by atoms with Gasteiger partial charge in [-0.1, -0.05) is 115 Å². The molecule has 75 heavy (non-hydrogen) atoms. The zero-order valence-electron chi connectivity index (χ0n) is 40.8. The van der Waals surface area contributed by atoms with E-state index in [1.165, 1.54) is 19.1 Å². The predicted molar refractivity (Wildman–Crippen MR) is 266 cm³/mol. The van der Waals surface area contributed by atoms with Crippen molar-refractivity contribution in [2.75, 3.05) is 27.7 Å². The summed E-state index contributed by atoms with van der Waals surface area (Å²) in [7, 11) is 4.21. The monoisotopic (exact) mass is 1060 g/mol. The lowest BCUT2D eigenvalue weighted by atomic mass is 9.95. The summed E-state index contributed by atoms with van der Waals surface area (Å²) in [5.74, 6) is -16.6. The Morgan fingerprint density at radius 2 is 1.13 bits per heavy atom. The molecule has 3 N–H and O–H groups in total. The molecule has 0 radical (unpaired) electrons. The second-order valence-electron chi connectivity index (χ2n) is 16.9. The van der Waals surface area contributed by atoms with E-state index in [0.717, 1.165) is 11.1 Å². The first-order chi connectivity index (χ1) is 36.1. The van der Waals surface area contributed by atoms with Crippen LogP contribution in [0.4, 0.5) is 31.5 Å². The molecule has 0 aliphatic rings. The van der Waals surface area contributed by atoms with Crippen LogP contribution in [-0.4, -0.2) is 80.8 Å². The van der Waals surface area contributed by atoms with Gasteiger partial charge in [0.25, 0.3) is 0 Å². The number of nitrogens with one attached hydrogen (secondary N) is 3. The molecule has 0 unspecified atom stereocenters. The van der Waals surface area contributed by atoms with Crippen LogP contribution in [0.3, 0.4) is 0 Å². The highest BCUT2D eigenvalue weighted by molar-refractivity contribution is 6.31. The fraction of sp³-hybridized carbons (Fsp3) is 0.255. The zero-order chi connectivity index (χ0) is 54.0. The van der Waals surface area contributed by atoms with E-state index >= 15 is 0 Å². The number of esters is 2. The molecule has 3 amide bonds. The second kappa shape index (κ2) is 27.3. The van der Waals surface area contributed by atoms with Crippen molar-refractivity contribution in [1.29, 1.82) is 0 Å². The smallest absolute Gasteiger partial charge is 0.408 e. The van der Waals surface area contributed by atoms with Gasteiger partial charge in [0.15, 0.2) is 0 Å². The molecule has 0 saturated heterocycles. The number of carbonyl (C=O) groups is 5. The maximum absolute atomic E-state index is 14.9. The van der Waals surface area contributed by atoms with Crippen LogP contribution >= 0.6 is 11.6 Å². The van der Waals surface area contributed by atoms with E-state index in [-0.39, 0.29) is 55.5 Å². The molecule has 0 aliphatic carbocycles. The normalized spacial score (nSPS) is 12.1. The fourth-order valence-electron chi connectivity index (χ4n) is 7.66. The number of likely N-dealkylation sites (N-methyl/N-ethyl adjacent to an activating group) is 2. The number of carbonyl (C=O) groups excluding carboxylic acids is 5. The molecule has 6 aromatic carbocycles. The summed E-state index contributed by atoms with van der Waals surface area (Å²) in [5, 5.41) is 8.15. The average Bonchev–Trinajstić information content (AvgIpc) is 3.43. The predicted octanol–water partition coefficient (Wildman–Crippen LogP) is 9.56. The molecule has 394 valence electrons. The standard InChI is InChI=1S/C55H52ClF5N4O10/c1-62-41(20-13-25-63-54(69)73-31-34-16-9-5-10-17-34)51(66)65(2)43(53(68)71-3)29-38-26-36(21-23-40(38)56)37-22-24-44(72-30-33-14-7-4-8-15-33)39(27-37)28-42(64-55(70)74-32-35-18-11-6-12-19-35)52(67)75-50-48(60)46(58)45(57)47(59)49(50)61/h4-12,14-19,21-24,26-27,41-43,62H,13,20,25,28-32H2,1-3H3,(H,63,69)(H,64,70)/t41-,42-,43-/m0/s1. The first-order valence-electron chi connectivity index (χ1n) is 23.3. The molecule has 0 aliphatic heterocycles. The van der Waals surface area contributed by atoms with Crippen LogP contribution in [0.15, 0.2) is 127 Å². The summed E-state index contributed by atoms with van der Waals surface area (Å²) in [6.45, 7) is 0.0103. The number of amides is 3. The van der Waals surface area contributed by atoms with Gasteiger partial charge < -0.3 is 44.5 Å². The van der Waals surface area contributed by atoms with Crippen molar-refractivity contribution >= 4 is 41.6 Å². The van der Waals surface area contributed by atoms with Gasteiger partial charge in [0, 0.05) is 31.5 Å². The van der Waals surface area contributed by atoms with Crippen LogP contribution in [0.5, 0.6) is 11.5 Å². The highest BCUT2D eigenvalue weighted by Gasteiger charge is 2.34. The number of hydrogen-bond donors (Lipinski definition) is 3. The van der Waals surface area contributed by atoms with E-state index < -0.39 is 89.4 Å². The molecule has 0 bridgehead atoms. The lowest BCUT2D eigenvalue weighted by Gasteiger charge is -2.30. The van der Waals surface area contributed by atoms with Crippen LogP contribution in [0.1, 0.15) is 40.7 Å². The Balaban J connectivity index is 1.26. The van der Waals surface area contributed by atoms with Crippen LogP contribution < -0.4 is 25.4 Å². The number of benzene rings is 6. The molecule has 0 fully saturated rings. The molecule has 0 heterocycles. The topological polar surface area (TPSA) is 171 Å². The maximum Gasteiger partial charge on any atom is 0.408 e. The van der Waals surface area contributed by atoms with Crippen molar-refractivity contribution in [3.63, 3.8) is 0 Å². The molecule has 6 aromatic rings. The number of halogens is 6. The molecule has 14 nitrogen and oxygen atoms in total. The van der Waals surface area contributed by atoms with Crippen LogP contribution in [-0.2, 0) is 61.3 Å². The first kappa shape index (κ1) is 56.3. The second-order valence-corrected chi connectivity index (χ2v) is 17.3. The zero-order valence-corrected chi connectivity index (χ0v) is 41.6. The minimum atomic E-state index is -2.48. The van der Waals surface area contributed by atoms with Gasteiger partial charge in [-0.2, -0.15) is 8.78 Å². The number of nitrogens with zero attached hydrogens (tertiary/aromatic N) is 1. The Kier molecular flexibility index (Phi) is 20.5. The van der Waals surface area contributed by atoms with Crippen LogP contribution in [0.25, 0.3) is 11.1 Å². The van der Waals surface area contributed by atoms with E-state index in [4.69, 9.17) is 35.3 Å². The SMILES string of the molecule is CN[C@@H](CCCNC(=O)OCc1ccccc1)C(=O)N(C)[C@@H](Cc1cc(-c2ccc(OCc3ccccc3)c(C[C@H](NC(=O)OCc3ccccc3)C(=O)Oc3c(F)c(F)c(F)c(F)c3F)c2)ccc1Cl)C(=O)OC. The molecule has 20 heteroatoms. The first-order valence-corrected chi connectivity index (χ1v) is 23.7. The minimum absolute atomic E-state index is 0.000766. The van der Waals surface area contributed by atoms with Gasteiger partial charge in [-0.15, -0.1) is 0 Å². The van der Waals surface area contributed by atoms with Crippen molar-refractivity contribution in [2.45, 2.75) is 63.6 Å². The van der Waals surface area contributed by atoms with Crippen LogP contribution in [0, 0.1) is 29.1 Å². The summed E-state index contributed by atoms with van der Waals surface area (Å²) in [4.78, 5) is 68.0. The van der Waals surface area contributed by atoms with Crippen molar-refractivity contribution < 1.29 is 69.6 Å². The van der Waals surface area contributed by atoms with Gasteiger partial charge in [-0.25, -0.2) is 32.3 Å². The van der Waals surface area contributed by atoms with Gasteiger partial charge in [-0.05, 0) is 83.1 Å². The third-order valence-corrected chi connectivity index (χ3v) is 12.1. The van der Waals surface area contributed by atoms with E-state index in [9.17, 15) is 45.9 Å². The van der Waals surface area contributed by atoms with Gasteiger partial charge in [0.2, 0.25) is 40.7 Å². The van der Waals surface area contributed by atoms with Gasteiger partial charge in [-0.3, -0.25) is 4.79 Å². The fourth-order valence-corrected chi connectivity index (χ4v) is 7.85. The van der Waals surface area contributed by atoms with E-state index in [1.54, 1.807) is 104 Å². The van der Waals surface area contributed by atoms with Crippen LogP contribution in [0.2, 0.25) is 5.02 Å². The molecular weight excluding hydrogens is 1010 g/mol. The number of rotatable bonds is 23. The van der Waals surface area contributed by atoms with Gasteiger partial charge >= 0.3 is 24.1 Å². The molecule has 6 rings (SSSR count). The Morgan fingerprint density at radius 3 is 1.69 bits per heavy atom. The summed E-state index contributed by atoms with van der Waals surface area (Å²) < 4.78 is 98.9. The number of hydrogen-bond acceptors (Lipinski definition) is 11. The van der Waals surface area contributed by atoms with Crippen molar-refractivity contribution in [3.05, 3.63) is 189 Å². The highest BCUT2D eigenvalue weighted by atomic mass is 35.5. The molecule has 0 spiro atoms. The summed E-state index contributed by atoms with van der Waals surface area (Å²) in [6, 6.07) is 32.3. The van der Waals surface area contributed by atoms with Crippen molar-refractivity contribution in [2.24, 2.45) is 0 Å². The molecular formula is C55H52ClF5N4O10. The Morgan fingerprint density at radius 1 is 0.613 bits per heavy atom. The number of ether oxygens (including phenoxy) is 5. The Labute approximate surface area is 434 Å². The Hall–Kier alpha value is -8.03. The third kappa shape index (κ3) is 15.5. The lowest BCUT2D eigenvalue weighted by Crippen LogP contribution is -2.51. The van der Waals surface area contributed by atoms with Crippen molar-refractivity contribution in [3.8, 4) is 22.6 Å². The maximum atomic E-state index is 14.9. The number of alkyl carbamates (subject to hydrolysis) is 2. The van der Waals surface area contributed by atoms with Gasteiger partial charge in [0.1, 0.15) is 37.7 Å². The average molecular weight is 1060 g/mol. The summed E-state index contributed by atoms with van der Waals surface area (Å²) >= 11 is 6.75. The van der Waals surface area contributed by atoms with E-state index in [0.29, 0.717) is 28.7 Å². The minimum Gasteiger partial charge on any atom is -0.489 e. The molecule has 3 atom stereocenters. The summed E-state index contributed by atoms with van der Waals surface area (Å²) in [5.41, 5.74) is 3.62. The third-order valence-electron chi connectivity index (χ3n) is 11.8. The van der Waals surface area contributed by atoms with Crippen molar-refractivity contribution in [1.82, 2.24) is 20.9 Å². The van der Waals surface area contributed by atoms with Gasteiger partial charge in [0.05, 0.1) is 13.2 Å². The molecule has 0 saturated carbocycles. The largest absolute Gasteiger partial charge is 0.489 e.